The highest BCUT2D eigenvalue weighted by atomic mass is 16.7. The minimum atomic E-state index is -2.78. The second kappa shape index (κ2) is 7.28. The van der Waals surface area contributed by atoms with Crippen LogP contribution in [0.1, 0.15) is 12.8 Å². The predicted molar refractivity (Wildman–Crippen MR) is 66.4 cm³/mol. The van der Waals surface area contributed by atoms with Gasteiger partial charge in [0.05, 0.1) is 6.61 Å². The van der Waals surface area contributed by atoms with Gasteiger partial charge in [-0.2, -0.15) is 0 Å². The Morgan fingerprint density at radius 3 is 2.23 bits per heavy atom. The van der Waals surface area contributed by atoms with Gasteiger partial charge in [-0.3, -0.25) is 14.9 Å². The fraction of sp³-hybridized carbons (Fsp3) is 0.818. The quantitative estimate of drug-likeness (QED) is 0.212. The number of aliphatic hydroxyl groups is 5. The summed E-state index contributed by atoms with van der Waals surface area (Å²) in [6.45, 7) is -0.818. The van der Waals surface area contributed by atoms with E-state index in [9.17, 15) is 30.0 Å². The number of carbonyl (C=O) groups is 2. The number of carboxylic acids is 2. The molecule has 11 heteroatoms. The normalized spacial score (nSPS) is 36.8. The van der Waals surface area contributed by atoms with Crippen molar-refractivity contribution in [2.45, 2.75) is 49.2 Å². The third-order valence-electron chi connectivity index (χ3n) is 3.29. The van der Waals surface area contributed by atoms with E-state index in [0.29, 0.717) is 0 Å². The first kappa shape index (κ1) is 18.7. The number of nitrogens with one attached hydrogen (secondary N) is 1. The molecule has 0 radical (unpaired) electrons. The molecule has 0 aromatic heterocycles. The van der Waals surface area contributed by atoms with E-state index in [4.69, 9.17) is 20.1 Å². The van der Waals surface area contributed by atoms with E-state index < -0.39 is 67.8 Å². The second-order valence-corrected chi connectivity index (χ2v) is 4.93. The van der Waals surface area contributed by atoms with Gasteiger partial charge in [0.25, 0.3) is 5.91 Å². The third-order valence-corrected chi connectivity index (χ3v) is 3.29. The Kier molecular flexibility index (Phi) is 6.19. The Labute approximate surface area is 124 Å². The van der Waals surface area contributed by atoms with Crippen molar-refractivity contribution in [2.75, 3.05) is 6.61 Å². The number of ether oxygens (including phenoxy) is 1. The van der Waals surface area contributed by atoms with Gasteiger partial charge in [0.2, 0.25) is 0 Å². The molecule has 1 heterocycles. The van der Waals surface area contributed by atoms with Crippen LogP contribution in [-0.4, -0.2) is 90.7 Å². The summed E-state index contributed by atoms with van der Waals surface area (Å²) in [6.07, 6.45) is -8.21. The first-order valence-electron chi connectivity index (χ1n) is 6.40. The predicted octanol–water partition coefficient (Wildman–Crippen LogP) is -3.99. The van der Waals surface area contributed by atoms with Crippen LogP contribution >= 0.6 is 0 Å². The summed E-state index contributed by atoms with van der Waals surface area (Å²) in [7, 11) is 0. The average Bonchev–Trinajstić information content (AvgIpc) is 2.45. The lowest BCUT2D eigenvalue weighted by molar-refractivity contribution is -0.363. The van der Waals surface area contributed by atoms with Gasteiger partial charge in [0, 0.05) is 6.42 Å². The zero-order valence-corrected chi connectivity index (χ0v) is 11.4. The molecule has 1 saturated heterocycles. The average molecular weight is 325 g/mol. The van der Waals surface area contributed by atoms with Gasteiger partial charge in [-0.15, -0.1) is 0 Å². The van der Waals surface area contributed by atoms with Crippen molar-refractivity contribution in [3.8, 4) is 0 Å². The summed E-state index contributed by atoms with van der Waals surface area (Å²) in [5, 5.41) is 67.6. The molecule has 128 valence electrons. The van der Waals surface area contributed by atoms with Crippen molar-refractivity contribution in [1.82, 2.24) is 5.32 Å². The Morgan fingerprint density at radius 2 is 1.77 bits per heavy atom. The molecule has 1 fully saturated rings. The van der Waals surface area contributed by atoms with Crippen LogP contribution < -0.4 is 5.32 Å². The number of rotatable bonds is 7. The topological polar surface area (TPSA) is 197 Å². The molecule has 0 bridgehead atoms. The van der Waals surface area contributed by atoms with Crippen LogP contribution in [0.3, 0.4) is 0 Å². The highest BCUT2D eigenvalue weighted by Gasteiger charge is 2.54. The molecule has 1 aliphatic heterocycles. The van der Waals surface area contributed by atoms with Gasteiger partial charge in [0.1, 0.15) is 24.4 Å². The van der Waals surface area contributed by atoms with Crippen LogP contribution in [-0.2, 0) is 14.3 Å². The molecule has 0 aliphatic carbocycles. The maximum atomic E-state index is 11.1. The van der Waals surface area contributed by atoms with E-state index in [1.165, 1.54) is 0 Å². The van der Waals surface area contributed by atoms with Crippen molar-refractivity contribution >= 4 is 11.9 Å². The third kappa shape index (κ3) is 4.10. The first-order chi connectivity index (χ1) is 10.1. The van der Waals surface area contributed by atoms with Crippen LogP contribution in [0.25, 0.3) is 0 Å². The Balaban J connectivity index is 2.89. The molecule has 6 atom stereocenters. The molecule has 0 amide bonds. The van der Waals surface area contributed by atoms with Crippen molar-refractivity contribution < 1.29 is 50.1 Å². The molecule has 8 N–H and O–H groups in total. The van der Waals surface area contributed by atoms with Crippen molar-refractivity contribution in [3.63, 3.8) is 0 Å². The largest absolute Gasteiger partial charge is 0.481 e. The van der Waals surface area contributed by atoms with E-state index in [1.54, 1.807) is 0 Å². The summed E-state index contributed by atoms with van der Waals surface area (Å²) in [6, 6.07) is -1.61. The van der Waals surface area contributed by atoms with Gasteiger partial charge >= 0.3 is 11.9 Å². The maximum Gasteiger partial charge on any atom is 0.320 e. The molecule has 1 rings (SSSR count). The number of carboxylic acid groups (broad SMARTS) is 2. The van der Waals surface area contributed by atoms with Gasteiger partial charge in [0.15, 0.2) is 6.10 Å². The minimum absolute atomic E-state index is 0.439. The Morgan fingerprint density at radius 1 is 1.18 bits per heavy atom. The lowest BCUT2D eigenvalue weighted by Crippen LogP contribution is -2.72. The Bertz CT molecular complexity index is 416. The van der Waals surface area contributed by atoms with Crippen molar-refractivity contribution in [3.05, 3.63) is 0 Å². The summed E-state index contributed by atoms with van der Waals surface area (Å²) in [5.74, 6) is -5.58. The molecule has 0 spiro atoms. The van der Waals surface area contributed by atoms with Crippen LogP contribution in [0.15, 0.2) is 0 Å². The van der Waals surface area contributed by atoms with E-state index in [2.05, 4.69) is 0 Å². The fourth-order valence-electron chi connectivity index (χ4n) is 2.05. The molecular formula is C11H19NO10. The zero-order valence-electron chi connectivity index (χ0n) is 11.4. The second-order valence-electron chi connectivity index (χ2n) is 4.93. The number of hydrogen-bond donors (Lipinski definition) is 8. The van der Waals surface area contributed by atoms with Crippen molar-refractivity contribution in [2.24, 2.45) is 0 Å². The maximum absolute atomic E-state index is 11.1. The SMILES string of the molecule is O=C(O)CC[C@H](N[C@]1(O)O[C@H](CO)[C@@H](O)[C@H](O)[C@H]1O)C(=O)O. The molecule has 0 aromatic carbocycles. The summed E-state index contributed by atoms with van der Waals surface area (Å²) >= 11 is 0. The molecule has 1 aliphatic rings. The molecule has 0 aromatic rings. The highest BCUT2D eigenvalue weighted by Crippen LogP contribution is 2.27. The summed E-state index contributed by atoms with van der Waals surface area (Å²) < 4.78 is 4.83. The molecule has 22 heavy (non-hydrogen) atoms. The smallest absolute Gasteiger partial charge is 0.320 e. The molecular weight excluding hydrogens is 306 g/mol. The van der Waals surface area contributed by atoms with Crippen LogP contribution in [0.5, 0.6) is 0 Å². The Hall–Kier alpha value is -1.34. The lowest BCUT2D eigenvalue weighted by Gasteiger charge is -2.46. The van der Waals surface area contributed by atoms with E-state index in [0.717, 1.165) is 0 Å². The van der Waals surface area contributed by atoms with Crippen molar-refractivity contribution in [1.29, 1.82) is 0 Å². The van der Waals surface area contributed by atoms with Gasteiger partial charge in [-0.1, -0.05) is 0 Å². The first-order valence-corrected chi connectivity index (χ1v) is 6.40. The number of aliphatic carboxylic acids is 2. The van der Waals surface area contributed by atoms with Crippen LogP contribution in [0.2, 0.25) is 0 Å². The van der Waals surface area contributed by atoms with E-state index in [-0.39, 0.29) is 0 Å². The fourth-order valence-corrected chi connectivity index (χ4v) is 2.05. The highest BCUT2D eigenvalue weighted by molar-refractivity contribution is 5.75. The lowest BCUT2D eigenvalue weighted by atomic mass is 9.96. The monoisotopic (exact) mass is 325 g/mol. The van der Waals surface area contributed by atoms with Gasteiger partial charge in [-0.25, -0.2) is 0 Å². The van der Waals surface area contributed by atoms with Gasteiger partial charge in [-0.05, 0) is 6.42 Å². The summed E-state index contributed by atoms with van der Waals surface area (Å²) in [4.78, 5) is 21.6. The molecule has 0 unspecified atom stereocenters. The summed E-state index contributed by atoms with van der Waals surface area (Å²) in [5.41, 5.74) is 0. The van der Waals surface area contributed by atoms with Crippen LogP contribution in [0.4, 0.5) is 0 Å². The van der Waals surface area contributed by atoms with Crippen LogP contribution in [0, 0.1) is 0 Å². The molecule has 0 saturated carbocycles. The van der Waals surface area contributed by atoms with E-state index in [1.807, 2.05) is 5.32 Å². The zero-order chi connectivity index (χ0) is 17.1. The standard InChI is InChI=1S/C11H19NO10/c13-3-5-7(16)8(17)9(18)11(21,22-5)12-4(10(19)20)1-2-6(14)15/h4-5,7-9,12-13,16-18,21H,1-3H2,(H,14,15)(H,19,20)/t4-,5+,7+,8-,9+,11+/m0/s1. The van der Waals surface area contributed by atoms with Gasteiger partial charge < -0.3 is 40.5 Å². The number of aliphatic hydroxyl groups excluding tert-OH is 4. The van der Waals surface area contributed by atoms with E-state index >= 15 is 0 Å². The molecule has 11 nitrogen and oxygen atoms in total. The number of hydrogen-bond acceptors (Lipinski definition) is 9. The minimum Gasteiger partial charge on any atom is -0.481 e.